The molecule has 0 bridgehead atoms. The van der Waals surface area contributed by atoms with Gasteiger partial charge in [0.05, 0.1) is 37.6 Å². The van der Waals surface area contributed by atoms with E-state index in [0.717, 1.165) is 22.0 Å². The molecule has 4 atom stereocenters. The second-order valence-corrected chi connectivity index (χ2v) is 17.9. The number of anilines is 2. The van der Waals surface area contributed by atoms with E-state index in [0.29, 0.717) is 47.8 Å². The number of amides is 2. The van der Waals surface area contributed by atoms with E-state index in [1.165, 1.54) is 0 Å². The second kappa shape index (κ2) is 13.7. The first kappa shape index (κ1) is 34.6. The molecule has 4 heterocycles. The van der Waals surface area contributed by atoms with E-state index in [-0.39, 0.29) is 31.4 Å². The summed E-state index contributed by atoms with van der Waals surface area (Å²) in [7, 11) is -1.79. The van der Waals surface area contributed by atoms with Gasteiger partial charge in [0.1, 0.15) is 5.75 Å². The first-order valence-corrected chi connectivity index (χ1v) is 20.3. The largest absolute Gasteiger partial charge is 0.497 e. The Hall–Kier alpha value is -4.85. The predicted molar refractivity (Wildman–Crippen MR) is 195 cm³/mol. The average Bonchev–Trinajstić information content (AvgIpc) is 3.86. The summed E-state index contributed by atoms with van der Waals surface area (Å²) in [6, 6.07) is 20.9. The fraction of sp³-hybridized carbons (Fsp3) is 0.368. The van der Waals surface area contributed by atoms with Crippen LogP contribution in [0.1, 0.15) is 35.7 Å². The summed E-state index contributed by atoms with van der Waals surface area (Å²) < 4.78 is 30.5. The molecule has 7 rings (SSSR count). The smallest absolute Gasteiger partial charge is 0.264 e. The lowest BCUT2D eigenvalue weighted by atomic mass is 9.82. The van der Waals surface area contributed by atoms with Gasteiger partial charge in [0.15, 0.2) is 5.60 Å². The summed E-state index contributed by atoms with van der Waals surface area (Å²) in [5.41, 5.74) is 3.47. The Kier molecular flexibility index (Phi) is 9.29. The van der Waals surface area contributed by atoms with Crippen LogP contribution in [-0.4, -0.2) is 65.1 Å². The normalized spacial score (nSPS) is 21.5. The van der Waals surface area contributed by atoms with Crippen LogP contribution in [0, 0.1) is 5.92 Å². The number of aliphatic hydroxyl groups is 1. The highest BCUT2D eigenvalue weighted by Gasteiger charge is 2.66. The van der Waals surface area contributed by atoms with Crippen LogP contribution in [0.5, 0.6) is 5.75 Å². The van der Waals surface area contributed by atoms with E-state index < -0.39 is 31.6 Å². The van der Waals surface area contributed by atoms with Gasteiger partial charge in [0, 0.05) is 65.6 Å². The summed E-state index contributed by atoms with van der Waals surface area (Å²) in [4.78, 5) is 32.9. The number of nitrogens with one attached hydrogen (secondary N) is 2. The number of hydrogen-bond acceptors (Lipinski definition) is 7. The fourth-order valence-corrected chi connectivity index (χ4v) is 10.6. The van der Waals surface area contributed by atoms with E-state index in [9.17, 15) is 14.7 Å². The highest BCUT2D eigenvalue weighted by atomic mass is 28.4. The zero-order valence-electron chi connectivity index (χ0n) is 29.2. The number of carbonyl (C=O) groups is 2. The number of fused-ring (bicyclic) bond motifs is 3. The van der Waals surface area contributed by atoms with Crippen molar-refractivity contribution in [2.24, 2.45) is 5.92 Å². The summed E-state index contributed by atoms with van der Waals surface area (Å²) in [5, 5.41) is 21.6. The SMILES string of the molecule is COc1ccc2c(c1)[C@]1(O[C@@H](CCn3cc(CCO)nn3)[C@H]([Si](C)(C)F)[C@H]1C)C(=O)N2Cc1cccc(NC(=O)Cc2c[nH]c3ccccc23)c1. The molecule has 0 aliphatic carbocycles. The number of H-pyrrole nitrogens is 1. The topological polar surface area (TPSA) is 135 Å². The number of nitrogens with zero attached hydrogens (tertiary/aromatic N) is 4. The molecule has 1 spiro atoms. The van der Waals surface area contributed by atoms with Gasteiger partial charge >= 0.3 is 0 Å². The molecular formula is C38H43FN6O5Si. The number of benzene rings is 3. The number of aryl methyl sites for hydroxylation is 1. The molecule has 2 aromatic heterocycles. The van der Waals surface area contributed by atoms with Crippen molar-refractivity contribution in [3.05, 3.63) is 102 Å². The number of aliphatic hydroxyl groups excluding tert-OH is 1. The van der Waals surface area contributed by atoms with Crippen molar-refractivity contribution in [1.82, 2.24) is 20.0 Å². The number of halogens is 1. The zero-order valence-corrected chi connectivity index (χ0v) is 30.2. The van der Waals surface area contributed by atoms with E-state index in [1.807, 2.05) is 79.9 Å². The number of methoxy groups -OCH3 is 1. The minimum atomic E-state index is -3.37. The Morgan fingerprint density at radius 3 is 2.76 bits per heavy atom. The third-order valence-electron chi connectivity index (χ3n) is 10.3. The third-order valence-corrected chi connectivity index (χ3v) is 12.8. The molecular weight excluding hydrogens is 668 g/mol. The Morgan fingerprint density at radius 1 is 1.16 bits per heavy atom. The molecule has 1 fully saturated rings. The van der Waals surface area contributed by atoms with Crippen LogP contribution in [0.25, 0.3) is 10.9 Å². The van der Waals surface area contributed by atoms with Crippen LogP contribution in [0.2, 0.25) is 18.6 Å². The van der Waals surface area contributed by atoms with Crippen molar-refractivity contribution >= 4 is 42.5 Å². The maximum atomic E-state index is 16.3. The van der Waals surface area contributed by atoms with Gasteiger partial charge in [-0.3, -0.25) is 14.3 Å². The Bertz CT molecular complexity index is 2080. The van der Waals surface area contributed by atoms with Crippen LogP contribution in [0.4, 0.5) is 15.5 Å². The lowest BCUT2D eigenvalue weighted by Crippen LogP contribution is -2.45. The summed E-state index contributed by atoms with van der Waals surface area (Å²) in [6.07, 6.45) is 4.14. The quantitative estimate of drug-likeness (QED) is 0.109. The van der Waals surface area contributed by atoms with Gasteiger partial charge in [-0.1, -0.05) is 42.5 Å². The minimum absolute atomic E-state index is 0.0274. The maximum absolute atomic E-state index is 16.3. The van der Waals surface area contributed by atoms with Crippen LogP contribution >= 0.6 is 0 Å². The van der Waals surface area contributed by atoms with Gasteiger partial charge in [0.25, 0.3) is 5.91 Å². The second-order valence-electron chi connectivity index (χ2n) is 14.1. The van der Waals surface area contributed by atoms with Crippen molar-refractivity contribution in [3.63, 3.8) is 0 Å². The van der Waals surface area contributed by atoms with E-state index in [2.05, 4.69) is 20.6 Å². The van der Waals surface area contributed by atoms with Crippen LogP contribution in [0.3, 0.4) is 0 Å². The molecule has 1 saturated heterocycles. The molecule has 0 saturated carbocycles. The molecule has 2 amide bonds. The lowest BCUT2D eigenvalue weighted by molar-refractivity contribution is -0.146. The van der Waals surface area contributed by atoms with E-state index in [1.54, 1.807) is 36.0 Å². The van der Waals surface area contributed by atoms with E-state index in [4.69, 9.17) is 9.47 Å². The number of aromatic amines is 1. The minimum Gasteiger partial charge on any atom is -0.497 e. The highest BCUT2D eigenvalue weighted by Crippen LogP contribution is 2.60. The molecule has 2 aliphatic rings. The molecule has 51 heavy (non-hydrogen) atoms. The first-order chi connectivity index (χ1) is 24.5. The standard InChI is InChI=1S/C38H43FN6O5Si/c1-24-36(51(3,4)39)34(14-16-44-23-28(15-17-46)42-43-44)50-38(24)31-20-29(49-2)12-13-33(31)45(37(38)48)22-25-8-7-9-27(18-25)41-35(47)19-26-21-40-32-11-6-5-10-30(26)32/h5-13,18,20-21,23-24,34,36,40,46H,14-17,19,22H2,1-4H3,(H,41,47)/t24-,34+,36-,38+/m1/s1. The van der Waals surface area contributed by atoms with Crippen molar-refractivity contribution in [3.8, 4) is 5.75 Å². The summed E-state index contributed by atoms with van der Waals surface area (Å²) in [6.45, 7) is 5.92. The molecule has 0 unspecified atom stereocenters. The third kappa shape index (κ3) is 6.45. The fourth-order valence-electron chi connectivity index (χ4n) is 8.10. The summed E-state index contributed by atoms with van der Waals surface area (Å²) >= 11 is 0. The first-order valence-electron chi connectivity index (χ1n) is 17.3. The number of carbonyl (C=O) groups excluding carboxylic acids is 2. The number of ether oxygens (including phenoxy) is 2. The monoisotopic (exact) mass is 710 g/mol. The molecule has 13 heteroatoms. The van der Waals surface area contributed by atoms with Crippen LogP contribution in [0.15, 0.2) is 79.1 Å². The predicted octanol–water partition coefficient (Wildman–Crippen LogP) is 5.90. The van der Waals surface area contributed by atoms with Gasteiger partial charge in [-0.25, -0.2) is 0 Å². The molecule has 3 N–H and O–H groups in total. The lowest BCUT2D eigenvalue weighted by Gasteiger charge is -2.31. The van der Waals surface area contributed by atoms with E-state index >= 15 is 4.11 Å². The van der Waals surface area contributed by atoms with Crippen molar-refractivity contribution in [2.45, 2.75) is 69.6 Å². The van der Waals surface area contributed by atoms with Gasteiger partial charge in [-0.2, -0.15) is 0 Å². The number of hydrogen-bond donors (Lipinski definition) is 3. The molecule has 2 aliphatic heterocycles. The Labute approximate surface area is 296 Å². The molecule has 3 aromatic carbocycles. The Balaban J connectivity index is 1.15. The molecule has 11 nitrogen and oxygen atoms in total. The number of aromatic nitrogens is 4. The van der Waals surface area contributed by atoms with Crippen molar-refractivity contribution in [2.75, 3.05) is 23.9 Å². The van der Waals surface area contributed by atoms with Crippen LogP contribution < -0.4 is 15.0 Å². The summed E-state index contributed by atoms with van der Waals surface area (Å²) in [5.74, 6) is -0.282. The van der Waals surface area contributed by atoms with Gasteiger partial charge < -0.3 is 33.9 Å². The molecule has 266 valence electrons. The Morgan fingerprint density at radius 2 is 1.98 bits per heavy atom. The molecule has 0 radical (unpaired) electrons. The van der Waals surface area contributed by atoms with Gasteiger partial charge in [-0.15, -0.1) is 5.10 Å². The van der Waals surface area contributed by atoms with Crippen molar-refractivity contribution < 1.29 is 28.3 Å². The van der Waals surface area contributed by atoms with Gasteiger partial charge in [0.2, 0.25) is 14.3 Å². The van der Waals surface area contributed by atoms with Crippen molar-refractivity contribution in [1.29, 1.82) is 0 Å². The zero-order chi connectivity index (χ0) is 35.9. The number of para-hydroxylation sites is 1. The number of rotatable bonds is 12. The maximum Gasteiger partial charge on any atom is 0.264 e. The molecule has 5 aromatic rings. The highest BCUT2D eigenvalue weighted by molar-refractivity contribution is 6.72. The van der Waals surface area contributed by atoms with Crippen LogP contribution in [-0.2, 0) is 45.9 Å². The van der Waals surface area contributed by atoms with Gasteiger partial charge in [-0.05, 0) is 67.0 Å². The average molecular weight is 711 g/mol.